The molecule has 2 aromatic rings. The molecule has 2 heterocycles. The van der Waals surface area contributed by atoms with E-state index in [2.05, 4.69) is 4.98 Å². The van der Waals surface area contributed by atoms with E-state index < -0.39 is 53.0 Å². The number of para-hydroxylation sites is 1. The lowest BCUT2D eigenvalue weighted by atomic mass is 9.90. The third kappa shape index (κ3) is 5.51. The van der Waals surface area contributed by atoms with Gasteiger partial charge in [0.1, 0.15) is 17.4 Å². The molecule has 182 valence electrons. The lowest BCUT2D eigenvalue weighted by Gasteiger charge is -2.39. The van der Waals surface area contributed by atoms with Crippen molar-refractivity contribution in [1.29, 1.82) is 0 Å². The van der Waals surface area contributed by atoms with E-state index >= 15 is 0 Å². The van der Waals surface area contributed by atoms with Crippen LogP contribution in [-0.4, -0.2) is 39.3 Å². The van der Waals surface area contributed by atoms with Crippen molar-refractivity contribution in [3.05, 3.63) is 41.1 Å². The molecule has 1 fully saturated rings. The van der Waals surface area contributed by atoms with Crippen molar-refractivity contribution in [2.45, 2.75) is 70.1 Å². The van der Waals surface area contributed by atoms with Crippen LogP contribution in [0.15, 0.2) is 24.3 Å². The van der Waals surface area contributed by atoms with E-state index in [1.807, 2.05) is 0 Å². The molecule has 5 nitrogen and oxygen atoms in total. The van der Waals surface area contributed by atoms with Gasteiger partial charge in [0.25, 0.3) is 0 Å². The van der Waals surface area contributed by atoms with Crippen LogP contribution in [0.25, 0.3) is 10.9 Å². The van der Waals surface area contributed by atoms with Crippen molar-refractivity contribution >= 4 is 17.0 Å². The van der Waals surface area contributed by atoms with E-state index in [1.165, 1.54) is 11.0 Å². The average molecular weight is 478 g/mol. The van der Waals surface area contributed by atoms with Gasteiger partial charge >= 0.3 is 18.4 Å². The van der Waals surface area contributed by atoms with Gasteiger partial charge in [-0.3, -0.25) is 0 Å². The van der Waals surface area contributed by atoms with Gasteiger partial charge in [-0.1, -0.05) is 12.1 Å². The molecular formula is C22H24F6N2O3. The molecule has 11 heteroatoms. The maximum Gasteiger partial charge on any atom is 0.433 e. The summed E-state index contributed by atoms with van der Waals surface area (Å²) in [6.45, 7) is 5.13. The Balaban J connectivity index is 2.15. The molecule has 1 aromatic carbocycles. The maximum absolute atomic E-state index is 13.5. The Morgan fingerprint density at radius 1 is 1.12 bits per heavy atom. The Kier molecular flexibility index (Phi) is 6.58. The summed E-state index contributed by atoms with van der Waals surface area (Å²) in [4.78, 5) is 17.2. The number of hydrogen-bond acceptors (Lipinski definition) is 4. The number of aliphatic hydroxyl groups is 1. The standard InChI is InChI=1S/C22H24F6N2O3/c1-20(2,3)33-19(32)30-10-5-4-9-15(30)18(31)13-11-16(22(26,27)28)29-17-12(13)7-6-8-14(17)21(23,24)25/h6-8,11,15,18,31H,4-5,9-10H2,1-3H3/t15-,18+/m0/s1. The van der Waals surface area contributed by atoms with Crippen LogP contribution < -0.4 is 0 Å². The predicted molar refractivity (Wildman–Crippen MR) is 107 cm³/mol. The second-order valence-corrected chi connectivity index (χ2v) is 8.98. The van der Waals surface area contributed by atoms with E-state index in [-0.39, 0.29) is 23.9 Å². The highest BCUT2D eigenvalue weighted by atomic mass is 19.4. The Morgan fingerprint density at radius 2 is 1.79 bits per heavy atom. The number of carbonyl (C=O) groups excluding carboxylic acids is 1. The average Bonchev–Trinajstić information content (AvgIpc) is 2.69. The molecule has 3 rings (SSSR count). The molecule has 0 unspecified atom stereocenters. The molecule has 1 amide bonds. The van der Waals surface area contributed by atoms with Crippen molar-refractivity contribution in [3.63, 3.8) is 0 Å². The van der Waals surface area contributed by atoms with Gasteiger partial charge in [0.2, 0.25) is 0 Å². The Morgan fingerprint density at radius 3 is 2.36 bits per heavy atom. The number of alkyl halides is 6. The van der Waals surface area contributed by atoms with Gasteiger partial charge in [0.15, 0.2) is 0 Å². The van der Waals surface area contributed by atoms with E-state index in [0.717, 1.165) is 6.07 Å². The van der Waals surface area contributed by atoms with Gasteiger partial charge in [0, 0.05) is 11.9 Å². The van der Waals surface area contributed by atoms with Gasteiger partial charge in [-0.2, -0.15) is 26.3 Å². The topological polar surface area (TPSA) is 62.7 Å². The Hall–Kier alpha value is -2.56. The van der Waals surface area contributed by atoms with E-state index in [0.29, 0.717) is 25.0 Å². The highest BCUT2D eigenvalue weighted by Gasteiger charge is 2.40. The number of pyridine rings is 1. The van der Waals surface area contributed by atoms with Crippen LogP contribution in [0.5, 0.6) is 0 Å². The lowest BCUT2D eigenvalue weighted by Crippen LogP contribution is -2.48. The molecule has 1 aromatic heterocycles. The minimum atomic E-state index is -5.04. The zero-order valence-corrected chi connectivity index (χ0v) is 18.2. The van der Waals surface area contributed by atoms with E-state index in [9.17, 15) is 36.2 Å². The number of rotatable bonds is 2. The zero-order valence-electron chi connectivity index (χ0n) is 18.2. The summed E-state index contributed by atoms with van der Waals surface area (Å²) in [5, 5.41) is 10.9. The fourth-order valence-electron chi connectivity index (χ4n) is 3.93. The molecule has 1 saturated heterocycles. The highest BCUT2D eigenvalue weighted by molar-refractivity contribution is 5.86. The first kappa shape index (κ1) is 25.1. The fraction of sp³-hybridized carbons (Fsp3) is 0.545. The summed E-state index contributed by atoms with van der Waals surface area (Å²) in [6, 6.07) is 2.43. The number of piperidine rings is 1. The second-order valence-electron chi connectivity index (χ2n) is 8.98. The molecule has 0 spiro atoms. The first-order valence-electron chi connectivity index (χ1n) is 10.4. The number of fused-ring (bicyclic) bond motifs is 1. The number of benzene rings is 1. The SMILES string of the molecule is CC(C)(C)OC(=O)N1CCCC[C@H]1[C@H](O)c1cc(C(F)(F)F)nc2c(C(F)(F)F)cccc12. The van der Waals surface area contributed by atoms with E-state index in [4.69, 9.17) is 4.74 Å². The number of ether oxygens (including phenoxy) is 1. The third-order valence-electron chi connectivity index (χ3n) is 5.33. The first-order valence-corrected chi connectivity index (χ1v) is 10.4. The number of aromatic nitrogens is 1. The summed E-state index contributed by atoms with van der Waals surface area (Å²) < 4.78 is 86.4. The number of carbonyl (C=O) groups is 1. The number of halogens is 6. The summed E-state index contributed by atoms with van der Waals surface area (Å²) in [6.07, 6.45) is -11.0. The highest BCUT2D eigenvalue weighted by Crippen LogP contribution is 2.41. The van der Waals surface area contributed by atoms with Crippen molar-refractivity contribution in [2.24, 2.45) is 0 Å². The van der Waals surface area contributed by atoms with Gasteiger partial charge in [-0.25, -0.2) is 9.78 Å². The molecule has 1 aliphatic heterocycles. The van der Waals surface area contributed by atoms with Gasteiger partial charge in [-0.05, 0) is 57.7 Å². The van der Waals surface area contributed by atoms with Crippen LogP contribution in [0.1, 0.15) is 63.0 Å². The molecule has 0 radical (unpaired) electrons. The number of hydrogen-bond donors (Lipinski definition) is 1. The molecule has 1 aliphatic rings. The molecular weight excluding hydrogens is 454 g/mol. The largest absolute Gasteiger partial charge is 0.444 e. The summed E-state index contributed by atoms with van der Waals surface area (Å²) in [7, 11) is 0. The van der Waals surface area contributed by atoms with Gasteiger partial charge in [0.05, 0.1) is 17.1 Å². The smallest absolute Gasteiger partial charge is 0.433 e. The van der Waals surface area contributed by atoms with Gasteiger partial charge in [-0.15, -0.1) is 0 Å². The zero-order chi connectivity index (χ0) is 24.8. The second kappa shape index (κ2) is 8.66. The lowest BCUT2D eigenvalue weighted by molar-refractivity contribution is -0.142. The quantitative estimate of drug-likeness (QED) is 0.531. The predicted octanol–water partition coefficient (Wildman–Crippen LogP) is 6.10. The Bertz CT molecular complexity index is 1030. The third-order valence-corrected chi connectivity index (χ3v) is 5.33. The van der Waals surface area contributed by atoms with Crippen molar-refractivity contribution in [1.82, 2.24) is 9.88 Å². The van der Waals surface area contributed by atoms with Crippen LogP contribution in [0.2, 0.25) is 0 Å². The van der Waals surface area contributed by atoms with E-state index in [1.54, 1.807) is 20.8 Å². The molecule has 0 bridgehead atoms. The summed E-state index contributed by atoms with van der Waals surface area (Å²) >= 11 is 0. The van der Waals surface area contributed by atoms with Crippen LogP contribution in [0.4, 0.5) is 31.1 Å². The van der Waals surface area contributed by atoms with Crippen LogP contribution in [0.3, 0.4) is 0 Å². The molecule has 2 atom stereocenters. The van der Waals surface area contributed by atoms with Crippen molar-refractivity contribution in [3.8, 4) is 0 Å². The Labute approximate surface area is 186 Å². The molecule has 1 N–H and O–H groups in total. The monoisotopic (exact) mass is 478 g/mol. The van der Waals surface area contributed by atoms with Crippen LogP contribution >= 0.6 is 0 Å². The molecule has 0 aliphatic carbocycles. The van der Waals surface area contributed by atoms with Crippen molar-refractivity contribution < 1.29 is 41.0 Å². The normalized spacial score (nSPS) is 19.0. The van der Waals surface area contributed by atoms with Crippen LogP contribution in [0, 0.1) is 0 Å². The minimum Gasteiger partial charge on any atom is -0.444 e. The maximum atomic E-state index is 13.5. The number of nitrogens with zero attached hydrogens (tertiary/aromatic N) is 2. The number of likely N-dealkylation sites (tertiary alicyclic amines) is 1. The minimum absolute atomic E-state index is 0.194. The number of amides is 1. The fourth-order valence-corrected chi connectivity index (χ4v) is 3.93. The molecule has 33 heavy (non-hydrogen) atoms. The number of aliphatic hydroxyl groups excluding tert-OH is 1. The van der Waals surface area contributed by atoms with Crippen LogP contribution in [-0.2, 0) is 17.1 Å². The summed E-state index contributed by atoms with van der Waals surface area (Å²) in [5.74, 6) is 0. The van der Waals surface area contributed by atoms with Gasteiger partial charge < -0.3 is 14.7 Å². The van der Waals surface area contributed by atoms with Crippen molar-refractivity contribution in [2.75, 3.05) is 6.54 Å². The summed E-state index contributed by atoms with van der Waals surface area (Å²) in [5.41, 5.74) is -5.03. The first-order chi connectivity index (χ1) is 15.1. The molecule has 0 saturated carbocycles.